The molecule has 0 heterocycles. The lowest BCUT2D eigenvalue weighted by molar-refractivity contribution is 0.0939. The third-order valence-electron chi connectivity index (χ3n) is 4.31. The maximum absolute atomic E-state index is 13.2. The normalized spacial score (nSPS) is 15.0. The topological polar surface area (TPSA) is 29.1 Å². The number of carbonyl (C=O) groups excluding carboxylic acids is 1. The van der Waals surface area contributed by atoms with Crippen molar-refractivity contribution >= 4 is 5.91 Å². The molecule has 0 aromatic heterocycles. The fourth-order valence-corrected chi connectivity index (χ4v) is 3.02. The van der Waals surface area contributed by atoms with Gasteiger partial charge in [-0.3, -0.25) is 4.79 Å². The molecule has 1 N–H and O–H groups in total. The van der Waals surface area contributed by atoms with Crippen LogP contribution in [0.4, 0.5) is 4.39 Å². The van der Waals surface area contributed by atoms with Gasteiger partial charge >= 0.3 is 0 Å². The van der Waals surface area contributed by atoms with Crippen molar-refractivity contribution in [2.75, 3.05) is 0 Å². The second-order valence-corrected chi connectivity index (χ2v) is 5.94. The average Bonchev–Trinajstić information content (AvgIpc) is 2.54. The Bertz CT molecular complexity index is 696. The number of benzene rings is 2. The number of carbonyl (C=O) groups is 1. The molecule has 3 rings (SSSR count). The molecule has 114 valence electrons. The Morgan fingerprint density at radius 1 is 1.09 bits per heavy atom. The summed E-state index contributed by atoms with van der Waals surface area (Å²) in [6.45, 7) is 1.96. The summed E-state index contributed by atoms with van der Waals surface area (Å²) in [7, 11) is 0. The molecule has 0 saturated carbocycles. The van der Waals surface area contributed by atoms with Gasteiger partial charge in [-0.05, 0) is 67.5 Å². The van der Waals surface area contributed by atoms with Crippen LogP contribution in [0.25, 0.3) is 0 Å². The fourth-order valence-electron chi connectivity index (χ4n) is 3.02. The van der Waals surface area contributed by atoms with E-state index in [1.165, 1.54) is 36.1 Å². The van der Waals surface area contributed by atoms with Crippen LogP contribution < -0.4 is 5.32 Å². The second-order valence-electron chi connectivity index (χ2n) is 5.94. The Morgan fingerprint density at radius 2 is 1.86 bits per heavy atom. The second kappa shape index (κ2) is 6.30. The van der Waals surface area contributed by atoms with Crippen LogP contribution in [0.3, 0.4) is 0 Å². The van der Waals surface area contributed by atoms with Crippen LogP contribution in [0.1, 0.15) is 52.9 Å². The molecule has 0 bridgehead atoms. The SMILES string of the molecule is C[C@H](NC(=O)c1cccc(F)c1)c1ccc2c(c1)CCCC2. The van der Waals surface area contributed by atoms with Crippen LogP contribution in [-0.4, -0.2) is 5.91 Å². The molecule has 2 aromatic carbocycles. The minimum atomic E-state index is -0.394. The molecule has 0 saturated heterocycles. The molecule has 22 heavy (non-hydrogen) atoms. The van der Waals surface area contributed by atoms with Crippen LogP contribution in [0, 0.1) is 5.82 Å². The first-order valence-corrected chi connectivity index (χ1v) is 7.81. The van der Waals surface area contributed by atoms with E-state index in [4.69, 9.17) is 0 Å². The van der Waals surface area contributed by atoms with E-state index in [2.05, 4.69) is 23.5 Å². The Morgan fingerprint density at radius 3 is 2.64 bits per heavy atom. The number of hydrogen-bond donors (Lipinski definition) is 1. The van der Waals surface area contributed by atoms with Gasteiger partial charge in [0, 0.05) is 5.56 Å². The highest BCUT2D eigenvalue weighted by atomic mass is 19.1. The van der Waals surface area contributed by atoms with Crippen LogP contribution in [0.15, 0.2) is 42.5 Å². The summed E-state index contributed by atoms with van der Waals surface area (Å²) in [5, 5.41) is 2.94. The van der Waals surface area contributed by atoms with Gasteiger partial charge in [-0.2, -0.15) is 0 Å². The average molecular weight is 297 g/mol. The van der Waals surface area contributed by atoms with Gasteiger partial charge in [0.1, 0.15) is 5.82 Å². The molecule has 0 fully saturated rings. The van der Waals surface area contributed by atoms with Gasteiger partial charge < -0.3 is 5.32 Å². The standard InChI is InChI=1S/C19H20FNO/c1-13(21-19(22)17-7-4-8-18(20)12-17)15-10-9-14-5-2-3-6-16(14)11-15/h4,7-13H,2-3,5-6H2,1H3,(H,21,22)/t13-/m0/s1. The van der Waals surface area contributed by atoms with Gasteiger partial charge in [-0.15, -0.1) is 0 Å². The Hall–Kier alpha value is -2.16. The minimum absolute atomic E-state index is 0.0945. The monoisotopic (exact) mass is 297 g/mol. The van der Waals surface area contributed by atoms with Gasteiger partial charge in [0.25, 0.3) is 5.91 Å². The first-order valence-electron chi connectivity index (χ1n) is 7.81. The van der Waals surface area contributed by atoms with Crippen molar-refractivity contribution < 1.29 is 9.18 Å². The summed E-state index contributed by atoms with van der Waals surface area (Å²) < 4.78 is 13.2. The van der Waals surface area contributed by atoms with Gasteiger partial charge in [-0.1, -0.05) is 24.3 Å². The Balaban J connectivity index is 1.74. The van der Waals surface area contributed by atoms with Crippen molar-refractivity contribution in [2.45, 2.75) is 38.6 Å². The highest BCUT2D eigenvalue weighted by molar-refractivity contribution is 5.94. The van der Waals surface area contributed by atoms with Gasteiger partial charge in [0.15, 0.2) is 0 Å². The number of nitrogens with one attached hydrogen (secondary N) is 1. The first kappa shape index (κ1) is 14.8. The summed E-state index contributed by atoms with van der Waals surface area (Å²) in [6.07, 6.45) is 4.77. The van der Waals surface area contributed by atoms with Gasteiger partial charge in [0.2, 0.25) is 0 Å². The molecular formula is C19H20FNO. The zero-order valence-electron chi connectivity index (χ0n) is 12.7. The highest BCUT2D eigenvalue weighted by Crippen LogP contribution is 2.24. The van der Waals surface area contributed by atoms with Crippen molar-refractivity contribution in [3.8, 4) is 0 Å². The van der Waals surface area contributed by atoms with E-state index in [1.807, 2.05) is 6.92 Å². The molecule has 1 aliphatic rings. The van der Waals surface area contributed by atoms with Crippen LogP contribution in [-0.2, 0) is 12.8 Å². The van der Waals surface area contributed by atoms with E-state index in [1.54, 1.807) is 12.1 Å². The van der Waals surface area contributed by atoms with E-state index in [0.717, 1.165) is 18.4 Å². The molecule has 1 aliphatic carbocycles. The summed E-state index contributed by atoms with van der Waals surface area (Å²) in [4.78, 5) is 12.2. The van der Waals surface area contributed by atoms with E-state index in [-0.39, 0.29) is 11.9 Å². The number of halogens is 1. The lowest BCUT2D eigenvalue weighted by atomic mass is 9.89. The molecule has 2 nitrogen and oxygen atoms in total. The lowest BCUT2D eigenvalue weighted by Crippen LogP contribution is -2.26. The third kappa shape index (κ3) is 3.19. The summed E-state index contributed by atoms with van der Waals surface area (Å²) >= 11 is 0. The third-order valence-corrected chi connectivity index (χ3v) is 4.31. The number of aryl methyl sites for hydroxylation is 2. The number of fused-ring (bicyclic) bond motifs is 1. The first-order chi connectivity index (χ1) is 10.6. The minimum Gasteiger partial charge on any atom is -0.346 e. The van der Waals surface area contributed by atoms with Gasteiger partial charge in [0.05, 0.1) is 6.04 Å². The lowest BCUT2D eigenvalue weighted by Gasteiger charge is -2.20. The summed E-state index contributed by atoms with van der Waals surface area (Å²) in [5.41, 5.74) is 4.28. The van der Waals surface area contributed by atoms with Crippen LogP contribution in [0.5, 0.6) is 0 Å². The predicted octanol–water partition coefficient (Wildman–Crippen LogP) is 4.20. The van der Waals surface area contributed by atoms with E-state index >= 15 is 0 Å². The predicted molar refractivity (Wildman–Crippen MR) is 85.4 cm³/mol. The van der Waals surface area contributed by atoms with Crippen molar-refractivity contribution in [2.24, 2.45) is 0 Å². The molecule has 0 spiro atoms. The maximum atomic E-state index is 13.2. The fraction of sp³-hybridized carbons (Fsp3) is 0.316. The van der Waals surface area contributed by atoms with Crippen molar-refractivity contribution in [1.82, 2.24) is 5.32 Å². The number of hydrogen-bond acceptors (Lipinski definition) is 1. The Labute approximate surface area is 130 Å². The number of amides is 1. The summed E-state index contributed by atoms with van der Waals surface area (Å²) in [6, 6.07) is 12.1. The zero-order valence-corrected chi connectivity index (χ0v) is 12.7. The quantitative estimate of drug-likeness (QED) is 0.904. The molecule has 0 radical (unpaired) electrons. The highest BCUT2D eigenvalue weighted by Gasteiger charge is 2.15. The van der Waals surface area contributed by atoms with E-state index in [0.29, 0.717) is 5.56 Å². The molecule has 0 aliphatic heterocycles. The van der Waals surface area contributed by atoms with Crippen molar-refractivity contribution in [3.63, 3.8) is 0 Å². The van der Waals surface area contributed by atoms with Crippen molar-refractivity contribution in [1.29, 1.82) is 0 Å². The zero-order chi connectivity index (χ0) is 15.5. The molecule has 1 amide bonds. The number of rotatable bonds is 3. The molecule has 1 atom stereocenters. The van der Waals surface area contributed by atoms with Crippen molar-refractivity contribution in [3.05, 3.63) is 70.5 Å². The van der Waals surface area contributed by atoms with E-state index < -0.39 is 5.82 Å². The summed E-state index contributed by atoms with van der Waals surface area (Å²) in [5.74, 6) is -0.640. The Kier molecular flexibility index (Phi) is 4.23. The molecule has 2 aromatic rings. The largest absolute Gasteiger partial charge is 0.346 e. The molecule has 3 heteroatoms. The van der Waals surface area contributed by atoms with E-state index in [9.17, 15) is 9.18 Å². The molecular weight excluding hydrogens is 277 g/mol. The maximum Gasteiger partial charge on any atom is 0.251 e. The van der Waals surface area contributed by atoms with Gasteiger partial charge in [-0.25, -0.2) is 4.39 Å². The van der Waals surface area contributed by atoms with Crippen LogP contribution >= 0.6 is 0 Å². The smallest absolute Gasteiger partial charge is 0.251 e. The molecule has 0 unspecified atom stereocenters. The van der Waals surface area contributed by atoms with Crippen LogP contribution in [0.2, 0.25) is 0 Å².